The Kier molecular flexibility index (Phi) is 5.09. The van der Waals surface area contributed by atoms with Crippen LogP contribution in [0.15, 0.2) is 29.2 Å². The molecule has 0 saturated heterocycles. The zero-order valence-electron chi connectivity index (χ0n) is 10.3. The van der Waals surface area contributed by atoms with E-state index in [9.17, 15) is 13.5 Å². The quantitative estimate of drug-likeness (QED) is 0.660. The summed E-state index contributed by atoms with van der Waals surface area (Å²) in [7, 11) is -2.18. The summed E-state index contributed by atoms with van der Waals surface area (Å²) in [5, 5.41) is 9.19. The van der Waals surface area contributed by atoms with Crippen molar-refractivity contribution in [3.05, 3.63) is 24.3 Å². The van der Waals surface area contributed by atoms with E-state index in [1.165, 1.54) is 26.2 Å². The van der Waals surface area contributed by atoms with Gasteiger partial charge in [0.15, 0.2) is 0 Å². The third-order valence-electron chi connectivity index (χ3n) is 2.48. The van der Waals surface area contributed by atoms with Gasteiger partial charge in [0, 0.05) is 18.7 Å². The predicted octanol–water partition coefficient (Wildman–Crippen LogP) is -0.318. The topological polar surface area (TPSA) is 102 Å². The molecule has 0 radical (unpaired) electrons. The zero-order valence-corrected chi connectivity index (χ0v) is 11.1. The number of methoxy groups -OCH3 is 1. The fraction of sp³-hybridized carbons (Fsp3) is 0.455. The van der Waals surface area contributed by atoms with Gasteiger partial charge in [-0.05, 0) is 19.1 Å². The second-order valence-electron chi connectivity index (χ2n) is 3.94. The Bertz CT molecular complexity index is 488. The summed E-state index contributed by atoms with van der Waals surface area (Å²) in [5.74, 6) is 0.456. The summed E-state index contributed by atoms with van der Waals surface area (Å²) < 4.78 is 31.1. The molecule has 0 heterocycles. The number of nitrogens with two attached hydrogens (primary N) is 1. The molecule has 0 aliphatic carbocycles. The fourth-order valence-corrected chi connectivity index (χ4v) is 2.34. The summed E-state index contributed by atoms with van der Waals surface area (Å²) in [6, 6.07) is 5.46. The molecule has 1 aromatic carbocycles. The van der Waals surface area contributed by atoms with Gasteiger partial charge in [-0.1, -0.05) is 6.07 Å². The molecule has 0 aliphatic rings. The van der Waals surface area contributed by atoms with Crippen molar-refractivity contribution in [3.8, 4) is 5.75 Å². The van der Waals surface area contributed by atoms with Gasteiger partial charge in [-0.25, -0.2) is 13.1 Å². The Labute approximate surface area is 107 Å². The summed E-state index contributed by atoms with van der Waals surface area (Å²) >= 11 is 0. The Hall–Kier alpha value is -1.15. The maximum absolute atomic E-state index is 11.9. The molecule has 4 N–H and O–H groups in total. The fourth-order valence-electron chi connectivity index (χ4n) is 1.23. The average Bonchev–Trinajstić information content (AvgIpc) is 2.36. The highest BCUT2D eigenvalue weighted by Crippen LogP contribution is 2.16. The van der Waals surface area contributed by atoms with E-state index >= 15 is 0 Å². The molecule has 18 heavy (non-hydrogen) atoms. The van der Waals surface area contributed by atoms with Crippen molar-refractivity contribution in [2.24, 2.45) is 5.73 Å². The van der Waals surface area contributed by atoms with Crippen molar-refractivity contribution in [1.29, 1.82) is 0 Å². The van der Waals surface area contributed by atoms with E-state index in [0.29, 0.717) is 5.75 Å². The van der Waals surface area contributed by atoms with Crippen LogP contribution in [-0.4, -0.2) is 39.3 Å². The lowest BCUT2D eigenvalue weighted by Crippen LogP contribution is -2.43. The number of ether oxygens (including phenoxy) is 1. The molecule has 6 nitrogen and oxygen atoms in total. The second kappa shape index (κ2) is 6.14. The Morgan fingerprint density at radius 1 is 1.50 bits per heavy atom. The largest absolute Gasteiger partial charge is 0.497 e. The average molecular weight is 274 g/mol. The van der Waals surface area contributed by atoms with Crippen molar-refractivity contribution in [3.63, 3.8) is 0 Å². The Balaban J connectivity index is 2.80. The van der Waals surface area contributed by atoms with Crippen LogP contribution < -0.4 is 15.2 Å². The Morgan fingerprint density at radius 2 is 2.17 bits per heavy atom. The SMILES string of the molecule is COc1cccc(S(=O)(=O)NCC(N)C(C)O)c1. The lowest BCUT2D eigenvalue weighted by atomic mass is 10.2. The van der Waals surface area contributed by atoms with Crippen LogP contribution in [0.3, 0.4) is 0 Å². The molecule has 102 valence electrons. The maximum Gasteiger partial charge on any atom is 0.240 e. The normalized spacial score (nSPS) is 15.1. The number of hydrogen-bond acceptors (Lipinski definition) is 5. The molecule has 1 rings (SSSR count). The van der Waals surface area contributed by atoms with Gasteiger partial charge in [-0.2, -0.15) is 0 Å². The summed E-state index contributed by atoms with van der Waals surface area (Å²) in [4.78, 5) is 0.0969. The lowest BCUT2D eigenvalue weighted by molar-refractivity contribution is 0.164. The van der Waals surface area contributed by atoms with Gasteiger partial charge < -0.3 is 15.6 Å². The van der Waals surface area contributed by atoms with E-state index in [1.54, 1.807) is 12.1 Å². The molecular weight excluding hydrogens is 256 g/mol. The van der Waals surface area contributed by atoms with E-state index in [2.05, 4.69) is 4.72 Å². The molecule has 0 amide bonds. The van der Waals surface area contributed by atoms with Gasteiger partial charge in [0.2, 0.25) is 10.0 Å². The van der Waals surface area contributed by atoms with Crippen LogP contribution in [0.5, 0.6) is 5.75 Å². The molecule has 0 aromatic heterocycles. The van der Waals surface area contributed by atoms with Crippen molar-refractivity contribution < 1.29 is 18.3 Å². The van der Waals surface area contributed by atoms with Crippen LogP contribution in [0, 0.1) is 0 Å². The summed E-state index contributed by atoms with van der Waals surface area (Å²) in [6.07, 6.45) is -0.780. The number of benzene rings is 1. The third-order valence-corrected chi connectivity index (χ3v) is 3.90. The highest BCUT2D eigenvalue weighted by atomic mass is 32.2. The van der Waals surface area contributed by atoms with Crippen molar-refractivity contribution in [2.75, 3.05) is 13.7 Å². The first kappa shape index (κ1) is 14.9. The number of hydrogen-bond donors (Lipinski definition) is 3. The monoisotopic (exact) mass is 274 g/mol. The molecule has 0 saturated carbocycles. The van der Waals surface area contributed by atoms with Crippen LogP contribution >= 0.6 is 0 Å². The number of aliphatic hydroxyl groups excluding tert-OH is 1. The minimum absolute atomic E-state index is 0.0305. The highest BCUT2D eigenvalue weighted by molar-refractivity contribution is 7.89. The van der Waals surface area contributed by atoms with Crippen molar-refractivity contribution in [2.45, 2.75) is 24.0 Å². The van der Waals surface area contributed by atoms with Crippen LogP contribution in [-0.2, 0) is 10.0 Å². The predicted molar refractivity (Wildman–Crippen MR) is 67.8 cm³/mol. The second-order valence-corrected chi connectivity index (χ2v) is 5.70. The third kappa shape index (κ3) is 3.95. The molecule has 0 aliphatic heterocycles. The van der Waals surface area contributed by atoms with Crippen LogP contribution in [0.2, 0.25) is 0 Å². The smallest absolute Gasteiger partial charge is 0.240 e. The van der Waals surface area contributed by atoms with Crippen LogP contribution in [0.1, 0.15) is 6.92 Å². The van der Waals surface area contributed by atoms with Crippen molar-refractivity contribution in [1.82, 2.24) is 4.72 Å². The molecule has 1 aromatic rings. The minimum Gasteiger partial charge on any atom is -0.497 e. The van der Waals surface area contributed by atoms with Gasteiger partial charge in [0.25, 0.3) is 0 Å². The standard InChI is InChI=1S/C11H18N2O4S/c1-8(14)11(12)7-13-18(15,16)10-5-3-4-9(6-10)17-2/h3-6,8,11,13-14H,7,12H2,1-2H3. The lowest BCUT2D eigenvalue weighted by Gasteiger charge is -2.15. The van der Waals surface area contributed by atoms with E-state index in [4.69, 9.17) is 10.5 Å². The molecule has 2 atom stereocenters. The van der Waals surface area contributed by atoms with Crippen LogP contribution in [0.25, 0.3) is 0 Å². The molecule has 0 spiro atoms. The number of sulfonamides is 1. The zero-order chi connectivity index (χ0) is 13.8. The van der Waals surface area contributed by atoms with E-state index < -0.39 is 22.2 Å². The highest BCUT2D eigenvalue weighted by Gasteiger charge is 2.17. The molecule has 7 heteroatoms. The summed E-state index contributed by atoms with van der Waals surface area (Å²) in [6.45, 7) is 1.47. The van der Waals surface area contributed by atoms with Gasteiger partial charge in [0.05, 0.1) is 18.1 Å². The maximum atomic E-state index is 11.9. The summed E-state index contributed by atoms with van der Waals surface area (Å²) in [5.41, 5.74) is 5.56. The Morgan fingerprint density at radius 3 is 2.72 bits per heavy atom. The van der Waals surface area contributed by atoms with E-state index in [-0.39, 0.29) is 11.4 Å². The number of aliphatic hydroxyl groups is 1. The molecule has 2 unspecified atom stereocenters. The molecule has 0 fully saturated rings. The van der Waals surface area contributed by atoms with Gasteiger partial charge in [-0.15, -0.1) is 0 Å². The molecule has 0 bridgehead atoms. The van der Waals surface area contributed by atoms with Gasteiger partial charge in [-0.3, -0.25) is 0 Å². The van der Waals surface area contributed by atoms with Gasteiger partial charge >= 0.3 is 0 Å². The van der Waals surface area contributed by atoms with Crippen LogP contribution in [0.4, 0.5) is 0 Å². The van der Waals surface area contributed by atoms with Gasteiger partial charge in [0.1, 0.15) is 5.75 Å². The van der Waals surface area contributed by atoms with E-state index in [1.807, 2.05) is 0 Å². The van der Waals surface area contributed by atoms with E-state index in [0.717, 1.165) is 0 Å². The number of nitrogens with one attached hydrogen (secondary N) is 1. The first-order valence-electron chi connectivity index (χ1n) is 5.44. The minimum atomic E-state index is -3.64. The number of rotatable bonds is 6. The molecular formula is C11H18N2O4S. The first-order valence-corrected chi connectivity index (χ1v) is 6.92. The first-order chi connectivity index (χ1) is 8.36. The van der Waals surface area contributed by atoms with Crippen molar-refractivity contribution >= 4 is 10.0 Å².